The van der Waals surface area contributed by atoms with Crippen LogP contribution in [0, 0.1) is 0 Å². The van der Waals surface area contributed by atoms with Crippen LogP contribution in [0.15, 0.2) is 97.3 Å². The molecule has 6 heterocycles. The Morgan fingerprint density at radius 3 is 1.30 bits per heavy atom. The van der Waals surface area contributed by atoms with E-state index in [2.05, 4.69) is 19.9 Å². The summed E-state index contributed by atoms with van der Waals surface area (Å²) in [6, 6.07) is 21.5. The minimum Gasteiger partial charge on any atom is -0.387 e. The first-order valence-corrected chi connectivity index (χ1v) is 19.4. The second kappa shape index (κ2) is 18.1. The third-order valence-electron chi connectivity index (χ3n) is 10.6. The van der Waals surface area contributed by atoms with Crippen LogP contribution in [0.3, 0.4) is 0 Å². The van der Waals surface area contributed by atoms with Crippen molar-refractivity contribution in [2.75, 3.05) is 13.2 Å². The Kier molecular flexibility index (Phi) is 12.5. The van der Waals surface area contributed by atoms with Crippen molar-refractivity contribution in [1.29, 1.82) is 0 Å². The fraction of sp³-hybridized carbons (Fsp3) is 0.381. The van der Waals surface area contributed by atoms with Crippen LogP contribution in [0.2, 0.25) is 0 Å². The minimum atomic E-state index is -1.81. The Hall–Kier alpha value is -5.38. The SMILES string of the molecule is O=C1[C@H]2O[C@H](OC/C=C/CO[C@H]3O[C@H](C(=O)N(Cc4cnc5ccccc5n4)Cc4ccc(cc4)CN1Cc1cnc4ccccc4n1)[C@@H](O)[C@H](O)[C@H]3O)[C@H](O)[C@@H](O)[C@@H]2O. The van der Waals surface area contributed by atoms with Crippen molar-refractivity contribution in [1.82, 2.24) is 29.7 Å². The number of aliphatic hydroxyl groups is 6. The number of hydrogen-bond acceptors (Lipinski definition) is 16. The monoisotopic (exact) mass is 824 g/mol. The molecule has 6 bridgehead atoms. The third-order valence-corrected chi connectivity index (χ3v) is 10.6. The van der Waals surface area contributed by atoms with Gasteiger partial charge in [0.05, 0.1) is 72.2 Å². The lowest BCUT2D eigenvalue weighted by Crippen LogP contribution is -2.62. The molecule has 314 valence electrons. The summed E-state index contributed by atoms with van der Waals surface area (Å²) in [7, 11) is 0. The normalized spacial score (nSPS) is 30.2. The van der Waals surface area contributed by atoms with E-state index in [1.807, 2.05) is 36.4 Å². The predicted molar refractivity (Wildman–Crippen MR) is 208 cm³/mol. The number of carbonyl (C=O) groups is 2. The van der Waals surface area contributed by atoms with Gasteiger partial charge in [-0.25, -0.2) is 9.97 Å². The van der Waals surface area contributed by atoms with E-state index < -0.39 is 73.2 Å². The van der Waals surface area contributed by atoms with E-state index in [-0.39, 0.29) is 39.4 Å². The zero-order valence-corrected chi connectivity index (χ0v) is 32.1. The highest BCUT2D eigenvalue weighted by Gasteiger charge is 2.50. The Bertz CT molecular complexity index is 2180. The number of fused-ring (bicyclic) bond motifs is 12. The van der Waals surface area contributed by atoms with Gasteiger partial charge in [-0.1, -0.05) is 60.7 Å². The van der Waals surface area contributed by atoms with E-state index in [0.29, 0.717) is 44.6 Å². The predicted octanol–water partition coefficient (Wildman–Crippen LogP) is -0.151. The maximum absolute atomic E-state index is 14.3. The van der Waals surface area contributed by atoms with E-state index in [1.165, 1.54) is 22.0 Å². The molecule has 2 amide bonds. The van der Waals surface area contributed by atoms with E-state index in [4.69, 9.17) is 18.9 Å². The minimum absolute atomic E-state index is 0.0217. The Morgan fingerprint density at radius 2 is 0.900 bits per heavy atom. The van der Waals surface area contributed by atoms with E-state index in [1.54, 1.807) is 48.8 Å². The average Bonchev–Trinajstić information content (AvgIpc) is 3.26. The van der Waals surface area contributed by atoms with Gasteiger partial charge in [-0.15, -0.1) is 0 Å². The molecule has 4 aliphatic rings. The van der Waals surface area contributed by atoms with Crippen molar-refractivity contribution >= 4 is 33.9 Å². The fourth-order valence-corrected chi connectivity index (χ4v) is 7.33. The van der Waals surface area contributed by atoms with Gasteiger partial charge in [-0.05, 0) is 35.4 Å². The van der Waals surface area contributed by atoms with Gasteiger partial charge in [0.15, 0.2) is 24.8 Å². The topological polar surface area (TPSA) is 250 Å². The highest BCUT2D eigenvalue weighted by atomic mass is 16.7. The molecule has 9 rings (SSSR count). The molecule has 0 radical (unpaired) electrons. The summed E-state index contributed by atoms with van der Waals surface area (Å²) in [5, 5.41) is 65.2. The Labute approximate surface area is 342 Å². The molecule has 6 N–H and O–H groups in total. The van der Waals surface area contributed by atoms with Crippen molar-refractivity contribution in [3.63, 3.8) is 0 Å². The zero-order chi connectivity index (χ0) is 41.9. The molecule has 2 saturated heterocycles. The van der Waals surface area contributed by atoms with E-state index in [0.717, 1.165) is 0 Å². The number of rotatable bonds is 4. The molecule has 0 spiro atoms. The first-order chi connectivity index (χ1) is 29.0. The van der Waals surface area contributed by atoms with Gasteiger partial charge < -0.3 is 59.4 Å². The fourth-order valence-electron chi connectivity index (χ4n) is 7.33. The number of carbonyl (C=O) groups excluding carboxylic acids is 2. The molecule has 0 saturated carbocycles. The number of ether oxygens (including phenoxy) is 4. The van der Waals surface area contributed by atoms with Crippen molar-refractivity contribution in [3.05, 3.63) is 120 Å². The number of benzene rings is 3. The van der Waals surface area contributed by atoms with Gasteiger partial charge in [-0.2, -0.15) is 0 Å². The Balaban J connectivity index is 1.13. The maximum atomic E-state index is 14.3. The largest absolute Gasteiger partial charge is 0.387 e. The van der Waals surface area contributed by atoms with Crippen LogP contribution in [0.1, 0.15) is 22.5 Å². The summed E-state index contributed by atoms with van der Waals surface area (Å²) in [5.41, 5.74) is 4.65. The molecule has 0 unspecified atom stereocenters. The highest BCUT2D eigenvalue weighted by molar-refractivity contribution is 5.83. The number of hydrogen-bond donors (Lipinski definition) is 6. The van der Waals surface area contributed by atoms with Crippen LogP contribution >= 0.6 is 0 Å². The second-order valence-electron chi connectivity index (χ2n) is 14.8. The van der Waals surface area contributed by atoms with Crippen LogP contribution in [0.25, 0.3) is 22.1 Å². The standard InChI is InChI=1S/C42H44N6O12/c49-31-33(51)37-39(55)47(21-25-17-43-27-7-1-3-9-29(27)45-25)19-23-11-13-24(14-12-23)20-48(22-26-18-44-28-8-2-4-10-30(28)46-26)40(56)38-34(52)32(50)36(54)42(60-38)58-16-6-5-15-57-41(59-37)35(31)53/h1-14,17-18,31-38,41-42,49-54H,15-16,19-22H2/b6-5+/t31-,32-,33-,34-,35+,36+,37-,38-,41-,42-/m0/s1. The smallest absolute Gasteiger partial charge is 0.255 e. The van der Waals surface area contributed by atoms with Crippen molar-refractivity contribution in [2.24, 2.45) is 0 Å². The molecular formula is C42H44N6O12. The van der Waals surface area contributed by atoms with Crippen LogP contribution in [0.5, 0.6) is 0 Å². The van der Waals surface area contributed by atoms with E-state index >= 15 is 0 Å². The van der Waals surface area contributed by atoms with Crippen LogP contribution in [-0.2, 0) is 54.7 Å². The lowest BCUT2D eigenvalue weighted by Gasteiger charge is -2.41. The molecule has 60 heavy (non-hydrogen) atoms. The van der Waals surface area contributed by atoms with E-state index in [9.17, 15) is 40.2 Å². The summed E-state index contributed by atoms with van der Waals surface area (Å²) in [5.74, 6) is -1.43. The van der Waals surface area contributed by atoms with Gasteiger partial charge in [0.1, 0.15) is 36.6 Å². The lowest BCUT2D eigenvalue weighted by molar-refractivity contribution is -0.291. The Morgan fingerprint density at radius 1 is 0.517 bits per heavy atom. The van der Waals surface area contributed by atoms with Crippen LogP contribution in [-0.4, -0.2) is 147 Å². The van der Waals surface area contributed by atoms with Crippen LogP contribution in [0.4, 0.5) is 0 Å². The molecule has 5 aromatic rings. The zero-order valence-electron chi connectivity index (χ0n) is 32.1. The summed E-state index contributed by atoms with van der Waals surface area (Å²) in [6.07, 6.45) is -11.0. The number of aromatic nitrogens is 4. The summed E-state index contributed by atoms with van der Waals surface area (Å²) < 4.78 is 23.0. The summed E-state index contributed by atoms with van der Waals surface area (Å²) in [4.78, 5) is 49.8. The summed E-state index contributed by atoms with van der Waals surface area (Å²) >= 11 is 0. The number of amides is 2. The molecule has 2 aromatic heterocycles. The van der Waals surface area contributed by atoms with Crippen molar-refractivity contribution in [2.45, 2.75) is 87.6 Å². The number of nitrogens with zero attached hydrogens (tertiary/aromatic N) is 6. The van der Waals surface area contributed by atoms with Gasteiger partial charge in [0, 0.05) is 13.1 Å². The summed E-state index contributed by atoms with van der Waals surface area (Å²) in [6.45, 7) is -0.629. The molecule has 18 nitrogen and oxygen atoms in total. The van der Waals surface area contributed by atoms with Crippen molar-refractivity contribution < 1.29 is 59.2 Å². The number of para-hydroxylation sites is 4. The maximum Gasteiger partial charge on any atom is 0.255 e. The molecule has 0 aliphatic carbocycles. The van der Waals surface area contributed by atoms with Gasteiger partial charge >= 0.3 is 0 Å². The first-order valence-electron chi connectivity index (χ1n) is 19.4. The van der Waals surface area contributed by atoms with Gasteiger partial charge in [0.25, 0.3) is 11.8 Å². The molecule has 10 atom stereocenters. The lowest BCUT2D eigenvalue weighted by atomic mass is 9.97. The first kappa shape index (κ1) is 41.4. The number of aliphatic hydroxyl groups excluding tert-OH is 6. The third kappa shape index (κ3) is 8.89. The molecular weight excluding hydrogens is 780 g/mol. The molecule has 4 aliphatic heterocycles. The average molecular weight is 825 g/mol. The van der Waals surface area contributed by atoms with Crippen LogP contribution < -0.4 is 0 Å². The quantitative estimate of drug-likeness (QED) is 0.129. The molecule has 2 fully saturated rings. The van der Waals surface area contributed by atoms with Crippen molar-refractivity contribution in [3.8, 4) is 0 Å². The molecule has 18 heteroatoms. The highest BCUT2D eigenvalue weighted by Crippen LogP contribution is 2.28. The van der Waals surface area contributed by atoms with Gasteiger partial charge in [0.2, 0.25) is 0 Å². The molecule has 3 aromatic carbocycles. The second-order valence-corrected chi connectivity index (χ2v) is 14.8. The van der Waals surface area contributed by atoms with Gasteiger partial charge in [-0.3, -0.25) is 19.6 Å².